The van der Waals surface area contributed by atoms with Crippen LogP contribution in [0.3, 0.4) is 0 Å². The first-order chi connectivity index (χ1) is 9.79. The summed E-state index contributed by atoms with van der Waals surface area (Å²) >= 11 is 0. The summed E-state index contributed by atoms with van der Waals surface area (Å²) in [7, 11) is 0. The van der Waals surface area contributed by atoms with E-state index in [1.165, 1.54) is 0 Å². The molecule has 0 aliphatic heterocycles. The number of nitrogens with two attached hydrogens (primary N) is 1. The van der Waals surface area contributed by atoms with Crippen molar-refractivity contribution in [3.05, 3.63) is 35.1 Å². The van der Waals surface area contributed by atoms with Crippen LogP contribution in [0.1, 0.15) is 49.3 Å². The van der Waals surface area contributed by atoms with Gasteiger partial charge in [-0.15, -0.1) is 12.4 Å². The fraction of sp³-hybridized carbons (Fsp3) is 0.600. The summed E-state index contributed by atoms with van der Waals surface area (Å²) in [6.45, 7) is 0. The first kappa shape index (κ1) is 19.2. The minimum atomic E-state index is -4.63. The molecule has 2 rings (SSSR count). The Morgan fingerprint density at radius 1 is 1.09 bits per heavy atom. The van der Waals surface area contributed by atoms with Gasteiger partial charge in [-0.1, -0.05) is 19.3 Å². The molecule has 1 aromatic rings. The third-order valence-corrected chi connectivity index (χ3v) is 4.13. The summed E-state index contributed by atoms with van der Waals surface area (Å²) in [6, 6.07) is 1.21. The molecule has 1 aliphatic carbocycles. The average molecular weight is 342 g/mol. The smallest absolute Gasteiger partial charge is 0.391 e. The van der Waals surface area contributed by atoms with Gasteiger partial charge >= 0.3 is 6.18 Å². The van der Waals surface area contributed by atoms with Crippen LogP contribution < -0.4 is 5.73 Å². The molecule has 0 spiro atoms. The number of hydrogen-bond donors (Lipinski definition) is 2. The van der Waals surface area contributed by atoms with Gasteiger partial charge in [0, 0.05) is 0 Å². The zero-order chi connectivity index (χ0) is 15.6. The van der Waals surface area contributed by atoms with Gasteiger partial charge in [-0.05, 0) is 42.5 Å². The van der Waals surface area contributed by atoms with E-state index in [2.05, 4.69) is 0 Å². The Morgan fingerprint density at radius 2 is 1.68 bits per heavy atom. The summed E-state index contributed by atoms with van der Waals surface area (Å²) in [5.74, 6) is -1.03. The lowest BCUT2D eigenvalue weighted by molar-refractivity contribution is -0.137. The predicted molar refractivity (Wildman–Crippen MR) is 78.2 cm³/mol. The van der Waals surface area contributed by atoms with E-state index >= 15 is 0 Å². The maximum atomic E-state index is 13.4. The number of aliphatic hydroxyl groups excluding tert-OH is 1. The van der Waals surface area contributed by atoms with E-state index in [-0.39, 0.29) is 23.9 Å². The molecule has 22 heavy (non-hydrogen) atoms. The lowest BCUT2D eigenvalue weighted by Gasteiger charge is -2.30. The van der Waals surface area contributed by atoms with E-state index in [0.717, 1.165) is 44.2 Å². The third kappa shape index (κ3) is 4.57. The predicted octanol–water partition coefficient (Wildman–Crippen LogP) is 4.21. The van der Waals surface area contributed by atoms with Crippen molar-refractivity contribution in [2.24, 2.45) is 11.7 Å². The maximum absolute atomic E-state index is 13.4. The van der Waals surface area contributed by atoms with Crippen LogP contribution in [0.25, 0.3) is 0 Å². The molecule has 0 heterocycles. The molecular formula is C15H20ClF4NO. The number of rotatable bonds is 3. The zero-order valence-corrected chi connectivity index (χ0v) is 12.8. The topological polar surface area (TPSA) is 46.2 Å². The van der Waals surface area contributed by atoms with E-state index in [1.54, 1.807) is 0 Å². The molecule has 1 aromatic carbocycles. The number of benzene rings is 1. The molecule has 2 nitrogen and oxygen atoms in total. The van der Waals surface area contributed by atoms with Crippen molar-refractivity contribution in [2.45, 2.75) is 50.4 Å². The summed E-state index contributed by atoms with van der Waals surface area (Å²) in [5, 5.41) is 10.3. The van der Waals surface area contributed by atoms with Gasteiger partial charge in [-0.3, -0.25) is 0 Å². The SMILES string of the molecule is Cl.N[C@@H](c1cc(F)cc(C(F)(F)F)c1)[C@H](O)C1CCCCC1. The molecule has 1 fully saturated rings. The van der Waals surface area contributed by atoms with Crippen molar-refractivity contribution in [3.63, 3.8) is 0 Å². The van der Waals surface area contributed by atoms with Gasteiger partial charge in [0.05, 0.1) is 17.7 Å². The molecule has 0 bridgehead atoms. The molecule has 0 amide bonds. The molecule has 0 saturated heterocycles. The highest BCUT2D eigenvalue weighted by atomic mass is 35.5. The maximum Gasteiger partial charge on any atom is 0.416 e. The molecule has 1 saturated carbocycles. The second-order valence-corrected chi connectivity index (χ2v) is 5.69. The minimum Gasteiger partial charge on any atom is -0.391 e. The first-order valence-electron chi connectivity index (χ1n) is 7.10. The summed E-state index contributed by atoms with van der Waals surface area (Å²) < 4.78 is 51.5. The minimum absolute atomic E-state index is 0. The Morgan fingerprint density at radius 3 is 2.23 bits per heavy atom. The monoisotopic (exact) mass is 341 g/mol. The van der Waals surface area contributed by atoms with Gasteiger partial charge in [0.15, 0.2) is 0 Å². The zero-order valence-electron chi connectivity index (χ0n) is 11.9. The quantitative estimate of drug-likeness (QED) is 0.809. The van der Waals surface area contributed by atoms with Crippen LogP contribution in [-0.4, -0.2) is 11.2 Å². The van der Waals surface area contributed by atoms with Crippen LogP contribution in [0.5, 0.6) is 0 Å². The molecular weight excluding hydrogens is 322 g/mol. The van der Waals surface area contributed by atoms with Crippen molar-refractivity contribution < 1.29 is 22.7 Å². The number of halogens is 5. The average Bonchev–Trinajstić information content (AvgIpc) is 2.45. The Kier molecular flexibility index (Phi) is 6.65. The standard InChI is InChI=1S/C15H19F4NO.ClH/c16-12-7-10(6-11(8-12)15(17,18)19)13(20)14(21)9-4-2-1-3-5-9;/h6-9,13-14,21H,1-5,20H2;1H/t13-,14+;/m0./s1. The van der Waals surface area contributed by atoms with E-state index in [1.807, 2.05) is 0 Å². The first-order valence-corrected chi connectivity index (χ1v) is 7.10. The van der Waals surface area contributed by atoms with Crippen LogP contribution >= 0.6 is 12.4 Å². The van der Waals surface area contributed by atoms with E-state index in [4.69, 9.17) is 5.73 Å². The van der Waals surface area contributed by atoms with Crippen molar-refractivity contribution >= 4 is 12.4 Å². The van der Waals surface area contributed by atoms with E-state index in [0.29, 0.717) is 6.07 Å². The lowest BCUT2D eigenvalue weighted by atomic mass is 9.81. The number of alkyl halides is 3. The van der Waals surface area contributed by atoms with Gasteiger partial charge in [-0.2, -0.15) is 13.2 Å². The highest BCUT2D eigenvalue weighted by Gasteiger charge is 2.33. The van der Waals surface area contributed by atoms with Crippen molar-refractivity contribution in [3.8, 4) is 0 Å². The van der Waals surface area contributed by atoms with Crippen molar-refractivity contribution in [1.29, 1.82) is 0 Å². The Labute approximate surface area is 133 Å². The molecule has 0 radical (unpaired) electrons. The Bertz CT molecular complexity index is 489. The molecule has 7 heteroatoms. The van der Waals surface area contributed by atoms with E-state index < -0.39 is 29.7 Å². The summed E-state index contributed by atoms with van der Waals surface area (Å²) in [5.41, 5.74) is 4.77. The summed E-state index contributed by atoms with van der Waals surface area (Å²) in [4.78, 5) is 0. The van der Waals surface area contributed by atoms with Crippen molar-refractivity contribution in [2.75, 3.05) is 0 Å². The highest BCUT2D eigenvalue weighted by Crippen LogP contribution is 2.34. The van der Waals surface area contributed by atoms with Gasteiger partial charge < -0.3 is 10.8 Å². The molecule has 3 N–H and O–H groups in total. The van der Waals surface area contributed by atoms with Crippen LogP contribution in [0.15, 0.2) is 18.2 Å². The highest BCUT2D eigenvalue weighted by molar-refractivity contribution is 5.85. The lowest BCUT2D eigenvalue weighted by Crippen LogP contribution is -2.34. The molecule has 1 aliphatic rings. The second kappa shape index (κ2) is 7.62. The van der Waals surface area contributed by atoms with Crippen molar-refractivity contribution in [1.82, 2.24) is 0 Å². The molecule has 126 valence electrons. The van der Waals surface area contributed by atoms with Crippen LogP contribution in [0.2, 0.25) is 0 Å². The van der Waals surface area contributed by atoms with Gasteiger partial charge in [0.25, 0.3) is 0 Å². The van der Waals surface area contributed by atoms with Gasteiger partial charge in [0.2, 0.25) is 0 Å². The van der Waals surface area contributed by atoms with Gasteiger partial charge in [0.1, 0.15) is 5.82 Å². The largest absolute Gasteiger partial charge is 0.416 e. The fourth-order valence-corrected chi connectivity index (χ4v) is 2.93. The number of aliphatic hydroxyl groups is 1. The third-order valence-electron chi connectivity index (χ3n) is 4.13. The van der Waals surface area contributed by atoms with Crippen LogP contribution in [0.4, 0.5) is 17.6 Å². The molecule has 0 aromatic heterocycles. The summed E-state index contributed by atoms with van der Waals surface area (Å²) in [6.07, 6.45) is -0.930. The Hall–Kier alpha value is -0.850. The Balaban J connectivity index is 0.00000242. The number of hydrogen-bond acceptors (Lipinski definition) is 2. The van der Waals surface area contributed by atoms with E-state index in [9.17, 15) is 22.7 Å². The molecule has 0 unspecified atom stereocenters. The fourth-order valence-electron chi connectivity index (χ4n) is 2.93. The second-order valence-electron chi connectivity index (χ2n) is 5.69. The van der Waals surface area contributed by atoms with Gasteiger partial charge in [-0.25, -0.2) is 4.39 Å². The van der Waals surface area contributed by atoms with Crippen LogP contribution in [-0.2, 0) is 6.18 Å². The molecule has 2 atom stereocenters. The van der Waals surface area contributed by atoms with Crippen LogP contribution in [0, 0.1) is 11.7 Å². The normalized spacial score (nSPS) is 19.4.